The van der Waals surface area contributed by atoms with Crippen molar-refractivity contribution < 1.29 is 17.9 Å². The number of anilines is 1. The van der Waals surface area contributed by atoms with E-state index >= 15 is 4.39 Å². The maximum atomic E-state index is 16.7. The van der Waals surface area contributed by atoms with Gasteiger partial charge in [0.1, 0.15) is 35.6 Å². The van der Waals surface area contributed by atoms with Gasteiger partial charge in [-0.25, -0.2) is 13.2 Å². The number of ether oxygens (including phenoxy) is 1. The summed E-state index contributed by atoms with van der Waals surface area (Å²) in [6.07, 6.45) is 11.5. The molecule has 6 heterocycles. The van der Waals surface area contributed by atoms with E-state index in [1.807, 2.05) is 11.9 Å². The number of nitrogens with zero attached hydrogens (tertiary/aromatic N) is 5. The average molecular weight is 618 g/mol. The minimum atomic E-state index is -0.928. The predicted molar refractivity (Wildman–Crippen MR) is 166 cm³/mol. The van der Waals surface area contributed by atoms with Gasteiger partial charge >= 0.3 is 6.01 Å². The van der Waals surface area contributed by atoms with Crippen LogP contribution in [0.15, 0.2) is 29.2 Å². The number of aromatic nitrogens is 4. The van der Waals surface area contributed by atoms with Gasteiger partial charge in [-0.15, -0.1) is 6.42 Å². The van der Waals surface area contributed by atoms with E-state index < -0.39 is 28.9 Å². The van der Waals surface area contributed by atoms with Crippen molar-refractivity contribution in [2.75, 3.05) is 44.7 Å². The predicted octanol–water partition coefficient (Wildman–Crippen LogP) is 4.33. The Bertz CT molecular complexity index is 1890. The number of aromatic amines is 1. The monoisotopic (exact) mass is 617 g/mol. The van der Waals surface area contributed by atoms with E-state index in [4.69, 9.17) is 16.1 Å². The van der Waals surface area contributed by atoms with Gasteiger partial charge in [0.15, 0.2) is 5.82 Å². The van der Waals surface area contributed by atoms with Crippen molar-refractivity contribution in [1.29, 1.82) is 0 Å². The van der Waals surface area contributed by atoms with Crippen LogP contribution in [0, 0.1) is 24.0 Å². The van der Waals surface area contributed by atoms with Gasteiger partial charge in [0, 0.05) is 50.2 Å². The Balaban J connectivity index is 1.35. The lowest BCUT2D eigenvalue weighted by atomic mass is 9.95. The molecule has 3 aliphatic heterocycles. The van der Waals surface area contributed by atoms with Crippen molar-refractivity contribution in [2.45, 2.75) is 56.3 Å². The number of nitrogens with one attached hydrogen (secondary N) is 2. The Morgan fingerprint density at radius 1 is 1.24 bits per heavy atom. The van der Waals surface area contributed by atoms with E-state index in [2.05, 4.69) is 31.1 Å². The molecule has 2 N–H and O–H groups in total. The molecule has 0 spiro atoms. The Hall–Kier alpha value is -4.21. The van der Waals surface area contributed by atoms with Gasteiger partial charge in [-0.3, -0.25) is 14.7 Å². The van der Waals surface area contributed by atoms with E-state index in [1.54, 1.807) is 0 Å². The second kappa shape index (κ2) is 11.6. The van der Waals surface area contributed by atoms with Crippen molar-refractivity contribution in [3.63, 3.8) is 0 Å². The van der Waals surface area contributed by atoms with Gasteiger partial charge in [-0.05, 0) is 50.2 Å². The average Bonchev–Trinajstić information content (AvgIpc) is 3.56. The Morgan fingerprint density at radius 3 is 2.91 bits per heavy atom. The zero-order chi connectivity index (χ0) is 31.3. The van der Waals surface area contributed by atoms with Crippen LogP contribution in [-0.4, -0.2) is 82.4 Å². The minimum Gasteiger partial charge on any atom is -0.461 e. The van der Waals surface area contributed by atoms with Crippen LogP contribution in [0.3, 0.4) is 0 Å². The number of H-pyrrole nitrogens is 1. The summed E-state index contributed by atoms with van der Waals surface area (Å²) in [5.41, 5.74) is -1.45. The molecule has 12 heteroatoms. The van der Waals surface area contributed by atoms with Gasteiger partial charge in [0.2, 0.25) is 5.56 Å². The molecule has 3 atom stereocenters. The van der Waals surface area contributed by atoms with E-state index in [9.17, 15) is 13.6 Å². The van der Waals surface area contributed by atoms with Crippen molar-refractivity contribution in [3.8, 4) is 29.7 Å². The fraction of sp³-hybridized carbons (Fsp3) is 0.455. The molecule has 3 aromatic heterocycles. The fourth-order valence-electron chi connectivity index (χ4n) is 7.36. The number of halogens is 3. The molecule has 3 saturated heterocycles. The molecule has 0 amide bonds. The van der Waals surface area contributed by atoms with Crippen LogP contribution in [-0.2, 0) is 0 Å². The number of hydrogen-bond acceptors (Lipinski definition) is 8. The van der Waals surface area contributed by atoms with Crippen LogP contribution < -0.4 is 20.5 Å². The first-order valence-electron chi connectivity index (χ1n) is 15.4. The molecule has 0 radical (unpaired) electrons. The summed E-state index contributed by atoms with van der Waals surface area (Å²) in [5, 5.41) is 4.38. The molecular formula is C33H34F3N7O2. The third-order valence-corrected chi connectivity index (χ3v) is 9.50. The van der Waals surface area contributed by atoms with Crippen molar-refractivity contribution in [1.82, 2.24) is 30.2 Å². The number of alkyl halides is 1. The number of hydrogen-bond donors (Lipinski definition) is 2. The van der Waals surface area contributed by atoms with Crippen LogP contribution in [0.1, 0.15) is 44.1 Å². The maximum absolute atomic E-state index is 16.7. The number of benzene rings is 1. The number of rotatable bonds is 7. The highest BCUT2D eigenvalue weighted by molar-refractivity contribution is 6.00. The van der Waals surface area contributed by atoms with Crippen LogP contribution in [0.4, 0.5) is 19.0 Å². The molecule has 45 heavy (non-hydrogen) atoms. The Morgan fingerprint density at radius 2 is 2.11 bits per heavy atom. The molecule has 234 valence electrons. The standard InChI is InChI=1S/C33H34F3N7O2/c1-3-22-24(35)9-8-19-13-25(44)39-29(26(19)22)30-27(36)28-23(15-38-30)31(42(2)17-21-7-4-5-11-37-21)41-32(40-28)45-18-33-10-6-12-43(33)16-20(34)14-33/h1,8-9,13,15,20-21,37H,4-7,10-12,14,16-18H2,2H3,(H,39,44)/t20-,21+,33+/m1/s1. The number of terminal acetylenes is 1. The highest BCUT2D eigenvalue weighted by Crippen LogP contribution is 2.41. The lowest BCUT2D eigenvalue weighted by Gasteiger charge is -2.31. The summed E-state index contributed by atoms with van der Waals surface area (Å²) >= 11 is 0. The van der Waals surface area contributed by atoms with E-state index in [1.165, 1.54) is 24.4 Å². The highest BCUT2D eigenvalue weighted by atomic mass is 19.1. The number of piperidine rings is 1. The second-order valence-corrected chi connectivity index (χ2v) is 12.4. The third kappa shape index (κ3) is 5.27. The summed E-state index contributed by atoms with van der Waals surface area (Å²) in [7, 11) is 1.87. The third-order valence-electron chi connectivity index (χ3n) is 9.50. The Kier molecular flexibility index (Phi) is 7.61. The van der Waals surface area contributed by atoms with Crippen LogP contribution in [0.25, 0.3) is 33.1 Å². The molecular weight excluding hydrogens is 583 g/mol. The molecule has 0 saturated carbocycles. The smallest absolute Gasteiger partial charge is 0.319 e. The van der Waals surface area contributed by atoms with E-state index in [0.717, 1.165) is 45.2 Å². The normalized spacial score (nSPS) is 23.4. The van der Waals surface area contributed by atoms with Crippen molar-refractivity contribution in [2.24, 2.45) is 0 Å². The number of fused-ring (bicyclic) bond motifs is 3. The second-order valence-electron chi connectivity index (χ2n) is 12.4. The Labute approximate surface area is 258 Å². The lowest BCUT2D eigenvalue weighted by Crippen LogP contribution is -2.44. The molecule has 3 fully saturated rings. The van der Waals surface area contributed by atoms with E-state index in [-0.39, 0.29) is 46.5 Å². The number of pyridine rings is 2. The molecule has 9 nitrogen and oxygen atoms in total. The maximum Gasteiger partial charge on any atom is 0.319 e. The van der Waals surface area contributed by atoms with Gasteiger partial charge in [-0.1, -0.05) is 18.4 Å². The summed E-state index contributed by atoms with van der Waals surface area (Å²) < 4.78 is 52.1. The zero-order valence-corrected chi connectivity index (χ0v) is 25.0. The summed E-state index contributed by atoms with van der Waals surface area (Å²) in [6.45, 7) is 2.88. The van der Waals surface area contributed by atoms with Gasteiger partial charge < -0.3 is 19.9 Å². The first-order chi connectivity index (χ1) is 21.8. The molecule has 0 unspecified atom stereocenters. The molecule has 7 rings (SSSR count). The molecule has 0 bridgehead atoms. The number of likely N-dealkylation sites (N-methyl/N-ethyl adjacent to an activating group) is 1. The SMILES string of the molecule is C#Cc1c(F)ccc2cc(=O)[nH]c(-c3ncc4c(N(C)C[C@@H]5CCCCN5)nc(OC[C@@]56CCCN5C[C@H](F)C6)nc4c3F)c12. The molecule has 0 aliphatic carbocycles. The largest absolute Gasteiger partial charge is 0.461 e. The summed E-state index contributed by atoms with van der Waals surface area (Å²) in [5.74, 6) is 1.23. The lowest BCUT2D eigenvalue weighted by molar-refractivity contribution is 0.107. The van der Waals surface area contributed by atoms with Crippen LogP contribution in [0.5, 0.6) is 6.01 Å². The van der Waals surface area contributed by atoms with Crippen LogP contribution in [0.2, 0.25) is 0 Å². The first-order valence-corrected chi connectivity index (χ1v) is 15.4. The van der Waals surface area contributed by atoms with Crippen LogP contribution >= 0.6 is 0 Å². The topological polar surface area (TPSA) is 99.3 Å². The summed E-state index contributed by atoms with van der Waals surface area (Å²) in [6, 6.07) is 4.04. The fourth-order valence-corrected chi connectivity index (χ4v) is 7.36. The first kappa shape index (κ1) is 29.5. The van der Waals surface area contributed by atoms with E-state index in [0.29, 0.717) is 36.1 Å². The van der Waals surface area contributed by atoms with Crippen molar-refractivity contribution >= 4 is 27.5 Å². The van der Waals surface area contributed by atoms with Gasteiger partial charge in [0.25, 0.3) is 0 Å². The highest BCUT2D eigenvalue weighted by Gasteiger charge is 2.49. The molecule has 4 aromatic rings. The quantitative estimate of drug-likeness (QED) is 0.296. The zero-order valence-electron chi connectivity index (χ0n) is 25.0. The molecule has 1 aromatic carbocycles. The van der Waals surface area contributed by atoms with Gasteiger partial charge in [0.05, 0.1) is 22.2 Å². The minimum absolute atomic E-state index is 0.0395. The van der Waals surface area contributed by atoms with Gasteiger partial charge in [-0.2, -0.15) is 9.97 Å². The van der Waals surface area contributed by atoms with Crippen molar-refractivity contribution in [3.05, 3.63) is 51.9 Å². The summed E-state index contributed by atoms with van der Waals surface area (Å²) in [4.78, 5) is 32.9. The molecule has 3 aliphatic rings.